The van der Waals surface area contributed by atoms with Crippen LogP contribution in [0.5, 0.6) is 0 Å². The number of carboxylic acid groups (broad SMARTS) is 1. The topological polar surface area (TPSA) is 102 Å². The third-order valence-corrected chi connectivity index (χ3v) is 9.15. The molecule has 0 radical (unpaired) electrons. The van der Waals surface area contributed by atoms with Crippen molar-refractivity contribution in [3.05, 3.63) is 12.2 Å². The van der Waals surface area contributed by atoms with Crippen LogP contribution in [0.15, 0.2) is 12.2 Å². The van der Waals surface area contributed by atoms with E-state index in [4.69, 9.17) is 14.2 Å². The van der Waals surface area contributed by atoms with Gasteiger partial charge in [0.2, 0.25) is 0 Å². The zero-order chi connectivity index (χ0) is 36.4. The lowest BCUT2D eigenvalue weighted by molar-refractivity contribution is -0.889. The lowest BCUT2D eigenvalue weighted by Gasteiger charge is -2.34. The van der Waals surface area contributed by atoms with Crippen molar-refractivity contribution in [2.75, 3.05) is 41.0 Å². The Morgan fingerprint density at radius 1 is 0.592 bits per heavy atom. The molecule has 8 heteroatoms. The van der Waals surface area contributed by atoms with Crippen LogP contribution in [0.4, 0.5) is 0 Å². The molecule has 0 N–H and O–H groups in total. The number of carbonyl (C=O) groups is 3. The van der Waals surface area contributed by atoms with Crippen molar-refractivity contribution in [3.63, 3.8) is 0 Å². The standard InChI is InChI=1S/C41H77NO7/c1-6-8-10-12-14-16-18-19-20-22-23-25-27-29-31-39(43)48-36-37(35-47-34-33-38(41(45)46)42(3,4)5)49-40(44)32-30-28-26-24-21-17-15-13-11-9-7-2/h13,15,37-38H,6-12,14,16-36H2,1-5H3/b15-13+. The van der Waals surface area contributed by atoms with Crippen LogP contribution in [0.3, 0.4) is 0 Å². The Labute approximate surface area is 301 Å². The largest absolute Gasteiger partial charge is 0.544 e. The molecule has 0 saturated heterocycles. The summed E-state index contributed by atoms with van der Waals surface area (Å²) in [6.45, 7) is 4.62. The average Bonchev–Trinajstić information content (AvgIpc) is 3.05. The number of carboxylic acids is 1. The van der Waals surface area contributed by atoms with E-state index in [1.807, 2.05) is 0 Å². The molecule has 0 saturated carbocycles. The summed E-state index contributed by atoms with van der Waals surface area (Å²) in [5.41, 5.74) is 0. The highest BCUT2D eigenvalue weighted by Gasteiger charge is 2.25. The second-order valence-corrected chi connectivity index (χ2v) is 14.9. The van der Waals surface area contributed by atoms with E-state index >= 15 is 0 Å². The Kier molecular flexibility index (Phi) is 31.9. The van der Waals surface area contributed by atoms with Crippen LogP contribution in [-0.4, -0.2) is 75.5 Å². The van der Waals surface area contributed by atoms with Crippen molar-refractivity contribution in [3.8, 4) is 0 Å². The number of rotatable bonds is 36. The fourth-order valence-electron chi connectivity index (χ4n) is 5.93. The molecule has 0 bridgehead atoms. The molecule has 0 heterocycles. The lowest BCUT2D eigenvalue weighted by Crippen LogP contribution is -2.55. The highest BCUT2D eigenvalue weighted by atomic mass is 16.6. The number of likely N-dealkylation sites (N-methyl/N-ethyl adjacent to an activating group) is 1. The minimum absolute atomic E-state index is 0.0422. The van der Waals surface area contributed by atoms with E-state index in [-0.39, 0.29) is 42.7 Å². The van der Waals surface area contributed by atoms with Crippen molar-refractivity contribution >= 4 is 17.9 Å². The molecule has 0 rings (SSSR count). The summed E-state index contributed by atoms with van der Waals surface area (Å²) in [4.78, 5) is 36.7. The van der Waals surface area contributed by atoms with Gasteiger partial charge in [0.1, 0.15) is 12.6 Å². The van der Waals surface area contributed by atoms with Crippen LogP contribution in [-0.2, 0) is 28.6 Å². The van der Waals surface area contributed by atoms with E-state index in [1.54, 1.807) is 21.1 Å². The highest BCUT2D eigenvalue weighted by Crippen LogP contribution is 2.15. The molecule has 2 unspecified atom stereocenters. The van der Waals surface area contributed by atoms with Gasteiger partial charge >= 0.3 is 11.9 Å². The first-order valence-electron chi connectivity index (χ1n) is 20.2. The smallest absolute Gasteiger partial charge is 0.306 e. The molecule has 0 aromatic carbocycles. The Balaban J connectivity index is 4.36. The number of carbonyl (C=O) groups excluding carboxylic acids is 3. The summed E-state index contributed by atoms with van der Waals surface area (Å²) in [7, 11) is 5.40. The molecule has 8 nitrogen and oxygen atoms in total. The first-order valence-corrected chi connectivity index (χ1v) is 20.2. The fourth-order valence-corrected chi connectivity index (χ4v) is 5.93. The zero-order valence-corrected chi connectivity index (χ0v) is 32.6. The van der Waals surface area contributed by atoms with Gasteiger partial charge in [-0.3, -0.25) is 9.59 Å². The van der Waals surface area contributed by atoms with Gasteiger partial charge in [-0.05, 0) is 32.1 Å². The SMILES string of the molecule is CCCC/C=C/CCCCCCCC(=O)OC(COCCC(C(=O)[O-])[N+](C)(C)C)COC(=O)CCCCCCCCCCCCCCCC. The number of quaternary nitrogens is 1. The zero-order valence-electron chi connectivity index (χ0n) is 32.6. The maximum absolute atomic E-state index is 12.6. The molecular formula is C41H77NO7. The molecular weight excluding hydrogens is 618 g/mol. The summed E-state index contributed by atoms with van der Waals surface area (Å²) in [5, 5.41) is 11.6. The number of esters is 2. The maximum Gasteiger partial charge on any atom is 0.306 e. The van der Waals surface area contributed by atoms with Gasteiger partial charge in [0.15, 0.2) is 6.10 Å². The normalized spacial score (nSPS) is 13.1. The van der Waals surface area contributed by atoms with Crippen LogP contribution in [0.2, 0.25) is 0 Å². The van der Waals surface area contributed by atoms with Gasteiger partial charge in [0, 0.05) is 19.3 Å². The molecule has 0 aliphatic carbocycles. The van der Waals surface area contributed by atoms with Crippen molar-refractivity contribution in [1.82, 2.24) is 0 Å². The second kappa shape index (κ2) is 33.2. The molecule has 2 atom stereocenters. The Hall–Kier alpha value is -1.93. The molecule has 0 spiro atoms. The number of unbranched alkanes of at least 4 members (excludes halogenated alkanes) is 20. The quantitative estimate of drug-likeness (QED) is 0.0279. The van der Waals surface area contributed by atoms with Crippen LogP contribution >= 0.6 is 0 Å². The predicted molar refractivity (Wildman–Crippen MR) is 199 cm³/mol. The van der Waals surface area contributed by atoms with E-state index in [1.165, 1.54) is 96.3 Å². The number of nitrogens with zero attached hydrogens (tertiary/aromatic N) is 1. The van der Waals surface area contributed by atoms with Gasteiger partial charge in [0.25, 0.3) is 0 Å². The second-order valence-electron chi connectivity index (χ2n) is 14.9. The lowest BCUT2D eigenvalue weighted by atomic mass is 10.0. The highest BCUT2D eigenvalue weighted by molar-refractivity contribution is 5.70. The molecule has 0 fully saturated rings. The number of hydrogen-bond donors (Lipinski definition) is 0. The minimum atomic E-state index is -1.13. The monoisotopic (exact) mass is 696 g/mol. The third kappa shape index (κ3) is 31.8. The number of ether oxygens (including phenoxy) is 3. The molecule has 0 aromatic rings. The van der Waals surface area contributed by atoms with Crippen molar-refractivity contribution in [2.45, 2.75) is 193 Å². The molecule has 0 aliphatic heterocycles. The Morgan fingerprint density at radius 2 is 1.04 bits per heavy atom. The van der Waals surface area contributed by atoms with Gasteiger partial charge in [-0.25, -0.2) is 0 Å². The van der Waals surface area contributed by atoms with Crippen molar-refractivity contribution in [2.24, 2.45) is 0 Å². The van der Waals surface area contributed by atoms with Crippen LogP contribution in [0.1, 0.15) is 181 Å². The summed E-state index contributed by atoms with van der Waals surface area (Å²) in [6.07, 6.45) is 32.3. The van der Waals surface area contributed by atoms with Crippen LogP contribution in [0, 0.1) is 0 Å². The summed E-state index contributed by atoms with van der Waals surface area (Å²) in [6, 6.07) is -0.721. The molecule has 49 heavy (non-hydrogen) atoms. The van der Waals surface area contributed by atoms with Gasteiger partial charge in [0.05, 0.1) is 40.3 Å². The van der Waals surface area contributed by atoms with Crippen LogP contribution in [0.25, 0.3) is 0 Å². The number of aliphatic carboxylic acids is 1. The predicted octanol–water partition coefficient (Wildman–Crippen LogP) is 9.02. The Morgan fingerprint density at radius 3 is 1.53 bits per heavy atom. The summed E-state index contributed by atoms with van der Waals surface area (Å²) < 4.78 is 17.1. The summed E-state index contributed by atoms with van der Waals surface area (Å²) in [5.74, 6) is -1.74. The van der Waals surface area contributed by atoms with Crippen molar-refractivity contribution in [1.29, 1.82) is 0 Å². The van der Waals surface area contributed by atoms with E-state index in [2.05, 4.69) is 26.0 Å². The maximum atomic E-state index is 12.6. The first-order chi connectivity index (χ1) is 23.6. The first kappa shape index (κ1) is 47.1. The van der Waals surface area contributed by atoms with Gasteiger partial charge in [-0.2, -0.15) is 0 Å². The fraction of sp³-hybridized carbons (Fsp3) is 0.878. The Bertz CT molecular complexity index is 823. The summed E-state index contributed by atoms with van der Waals surface area (Å²) >= 11 is 0. The van der Waals surface area contributed by atoms with E-state index in [9.17, 15) is 19.5 Å². The van der Waals surface area contributed by atoms with Gasteiger partial charge in [-0.1, -0.05) is 142 Å². The van der Waals surface area contributed by atoms with E-state index in [0.717, 1.165) is 51.4 Å². The molecule has 0 aromatic heterocycles. The molecule has 0 amide bonds. The number of hydrogen-bond acceptors (Lipinski definition) is 7. The third-order valence-electron chi connectivity index (χ3n) is 9.15. The van der Waals surface area contributed by atoms with Gasteiger partial charge < -0.3 is 28.6 Å². The minimum Gasteiger partial charge on any atom is -0.544 e. The van der Waals surface area contributed by atoms with E-state index < -0.39 is 18.1 Å². The van der Waals surface area contributed by atoms with E-state index in [0.29, 0.717) is 12.8 Å². The van der Waals surface area contributed by atoms with Crippen molar-refractivity contribution < 1.29 is 38.2 Å². The van der Waals surface area contributed by atoms with Crippen LogP contribution < -0.4 is 5.11 Å². The van der Waals surface area contributed by atoms with Gasteiger partial charge in [-0.15, -0.1) is 0 Å². The average molecular weight is 696 g/mol. The number of allylic oxidation sites excluding steroid dienone is 2. The molecule has 0 aliphatic rings. The molecule has 288 valence electrons.